The fourth-order valence-corrected chi connectivity index (χ4v) is 5.56. The van der Waals surface area contributed by atoms with Gasteiger partial charge in [0.15, 0.2) is 0 Å². The van der Waals surface area contributed by atoms with Crippen LogP contribution in [0.15, 0.2) is 36.4 Å². The van der Waals surface area contributed by atoms with Gasteiger partial charge in [0.2, 0.25) is 11.8 Å². The van der Waals surface area contributed by atoms with Gasteiger partial charge in [-0.2, -0.15) is 13.7 Å². The molecule has 2 aliphatic heterocycles. The number of hydrogen-bond acceptors (Lipinski definition) is 8. The average molecular weight is 541 g/mol. The minimum Gasteiger partial charge on any atom is -0.478 e. The number of nitrogens with one attached hydrogen (secondary N) is 2. The van der Waals surface area contributed by atoms with Crippen molar-refractivity contribution >= 4 is 39.5 Å². The minimum absolute atomic E-state index is 0.0321. The number of benzene rings is 1. The third kappa shape index (κ3) is 6.38. The topological polar surface area (TPSA) is 173 Å². The molecule has 0 unspecified atom stereocenters. The van der Waals surface area contributed by atoms with Crippen LogP contribution in [-0.2, 0) is 26.3 Å². The molecule has 0 aliphatic carbocycles. The second kappa shape index (κ2) is 11.5. The summed E-state index contributed by atoms with van der Waals surface area (Å²) < 4.78 is 29.1. The maximum absolute atomic E-state index is 12.7. The Hall–Kier alpha value is -4.18. The first-order valence-corrected chi connectivity index (χ1v) is 13.7. The Balaban J connectivity index is 1.46. The molecule has 2 aromatic rings. The highest BCUT2D eigenvalue weighted by Gasteiger charge is 2.31. The summed E-state index contributed by atoms with van der Waals surface area (Å²) in [6, 6.07) is 11.5. The number of rotatable bonds is 8. The number of para-hydroxylation sites is 1. The van der Waals surface area contributed by atoms with Crippen molar-refractivity contribution in [3.8, 4) is 6.07 Å². The molecule has 13 heteroatoms. The predicted molar refractivity (Wildman–Crippen MR) is 137 cm³/mol. The lowest BCUT2D eigenvalue weighted by Crippen LogP contribution is -2.44. The van der Waals surface area contributed by atoms with Gasteiger partial charge in [-0.25, -0.2) is 14.5 Å². The SMILES string of the molecule is N#Cc1cc(C(=O)O)c(CN2CCCCC2=O)nc1N1CCC(C(=O)NS(=O)(=O)Nc2ccccc2)CC1. The Morgan fingerprint density at radius 1 is 1.13 bits per heavy atom. The van der Waals surface area contributed by atoms with E-state index in [0.29, 0.717) is 44.6 Å². The van der Waals surface area contributed by atoms with Gasteiger partial charge >= 0.3 is 16.2 Å². The van der Waals surface area contributed by atoms with Crippen LogP contribution in [0.2, 0.25) is 0 Å². The van der Waals surface area contributed by atoms with Gasteiger partial charge in [0, 0.05) is 32.0 Å². The normalized spacial score (nSPS) is 16.6. The summed E-state index contributed by atoms with van der Waals surface area (Å²) in [5.41, 5.74) is 0.465. The Morgan fingerprint density at radius 2 is 1.84 bits per heavy atom. The van der Waals surface area contributed by atoms with E-state index in [-0.39, 0.29) is 35.1 Å². The Morgan fingerprint density at radius 3 is 2.47 bits per heavy atom. The van der Waals surface area contributed by atoms with Crippen molar-refractivity contribution < 1.29 is 27.9 Å². The van der Waals surface area contributed by atoms with Crippen LogP contribution in [0, 0.1) is 17.2 Å². The van der Waals surface area contributed by atoms with Crippen molar-refractivity contribution in [2.45, 2.75) is 38.6 Å². The first kappa shape index (κ1) is 26.9. The summed E-state index contributed by atoms with van der Waals surface area (Å²) in [7, 11) is -4.10. The third-order valence-corrected chi connectivity index (χ3v) is 7.59. The van der Waals surface area contributed by atoms with E-state index in [1.165, 1.54) is 6.07 Å². The average Bonchev–Trinajstić information content (AvgIpc) is 2.89. The smallest absolute Gasteiger partial charge is 0.337 e. The highest BCUT2D eigenvalue weighted by Crippen LogP contribution is 2.28. The Labute approximate surface area is 220 Å². The van der Waals surface area contributed by atoms with Crippen LogP contribution in [-0.4, -0.2) is 60.8 Å². The summed E-state index contributed by atoms with van der Waals surface area (Å²) in [5.74, 6) is -2.22. The van der Waals surface area contributed by atoms with E-state index in [1.54, 1.807) is 40.1 Å². The number of carboxylic acids is 1. The predicted octanol–water partition coefficient (Wildman–Crippen LogP) is 1.85. The second-order valence-corrected chi connectivity index (χ2v) is 10.7. The lowest BCUT2D eigenvalue weighted by Gasteiger charge is -2.33. The van der Waals surface area contributed by atoms with E-state index in [4.69, 9.17) is 0 Å². The van der Waals surface area contributed by atoms with E-state index in [9.17, 15) is 33.2 Å². The van der Waals surface area contributed by atoms with Gasteiger partial charge in [-0.05, 0) is 43.9 Å². The van der Waals surface area contributed by atoms with Crippen molar-refractivity contribution in [2.24, 2.45) is 5.92 Å². The van der Waals surface area contributed by atoms with E-state index < -0.39 is 28.0 Å². The number of carbonyl (C=O) groups is 3. The molecule has 38 heavy (non-hydrogen) atoms. The number of hydrogen-bond donors (Lipinski definition) is 3. The summed E-state index contributed by atoms with van der Waals surface area (Å²) in [6.45, 7) is 1.16. The van der Waals surface area contributed by atoms with Crippen molar-refractivity contribution in [1.29, 1.82) is 5.26 Å². The molecule has 1 aromatic heterocycles. The standard InChI is InChI=1S/C25H28N6O6S/c26-15-18-14-20(25(34)35)21(16-31-11-5-4-8-22(31)32)27-23(18)30-12-9-17(10-13-30)24(33)29-38(36,37)28-19-6-2-1-3-7-19/h1-3,6-7,14,17,28H,4-5,8-13,16H2,(H,29,33)(H,34,35). The van der Waals surface area contributed by atoms with Crippen LogP contribution < -0.4 is 14.3 Å². The first-order chi connectivity index (χ1) is 18.2. The van der Waals surface area contributed by atoms with Gasteiger partial charge in [-0.3, -0.25) is 14.3 Å². The van der Waals surface area contributed by atoms with Gasteiger partial charge in [0.05, 0.1) is 29.1 Å². The van der Waals surface area contributed by atoms with E-state index in [2.05, 4.69) is 14.4 Å². The maximum atomic E-state index is 12.7. The molecular weight excluding hydrogens is 512 g/mol. The molecule has 0 bridgehead atoms. The highest BCUT2D eigenvalue weighted by molar-refractivity contribution is 7.91. The molecule has 3 N–H and O–H groups in total. The summed E-state index contributed by atoms with van der Waals surface area (Å²) >= 11 is 0. The van der Waals surface area contributed by atoms with Crippen LogP contribution in [0.3, 0.4) is 0 Å². The van der Waals surface area contributed by atoms with E-state index in [0.717, 1.165) is 12.8 Å². The van der Waals surface area contributed by atoms with Crippen LogP contribution in [0.1, 0.15) is 53.7 Å². The number of anilines is 2. The lowest BCUT2D eigenvalue weighted by molar-refractivity contribution is -0.134. The zero-order valence-corrected chi connectivity index (χ0v) is 21.4. The Kier molecular flexibility index (Phi) is 8.11. The first-order valence-electron chi connectivity index (χ1n) is 12.3. The molecule has 200 valence electrons. The summed E-state index contributed by atoms with van der Waals surface area (Å²) in [6.07, 6.45) is 2.63. The van der Waals surface area contributed by atoms with Gasteiger partial charge in [0.25, 0.3) is 0 Å². The van der Waals surface area contributed by atoms with Gasteiger partial charge in [-0.15, -0.1) is 0 Å². The number of aromatic carboxylic acids is 1. The fraction of sp³-hybridized carbons (Fsp3) is 0.400. The van der Waals surface area contributed by atoms with E-state index in [1.807, 2.05) is 6.07 Å². The number of likely N-dealkylation sites (tertiary alicyclic amines) is 1. The number of amides is 2. The van der Waals surface area contributed by atoms with E-state index >= 15 is 0 Å². The monoisotopic (exact) mass is 540 g/mol. The number of piperidine rings is 2. The molecule has 0 atom stereocenters. The molecule has 2 aliphatic rings. The molecular formula is C25H28N6O6S. The summed E-state index contributed by atoms with van der Waals surface area (Å²) in [4.78, 5) is 44.7. The van der Waals surface area contributed by atoms with Crippen molar-refractivity contribution in [1.82, 2.24) is 14.6 Å². The molecule has 12 nitrogen and oxygen atoms in total. The lowest BCUT2D eigenvalue weighted by atomic mass is 9.96. The van der Waals surface area contributed by atoms with Gasteiger partial charge < -0.3 is 14.9 Å². The molecule has 4 rings (SSSR count). The van der Waals surface area contributed by atoms with Crippen molar-refractivity contribution in [3.63, 3.8) is 0 Å². The maximum Gasteiger partial charge on any atom is 0.337 e. The van der Waals surface area contributed by atoms with Crippen LogP contribution >= 0.6 is 0 Å². The molecule has 0 spiro atoms. The van der Waals surface area contributed by atoms with Crippen molar-refractivity contribution in [3.05, 3.63) is 53.2 Å². The number of nitrogens with zero attached hydrogens (tertiary/aromatic N) is 4. The second-order valence-electron chi connectivity index (χ2n) is 9.24. The number of pyridine rings is 1. The molecule has 2 saturated heterocycles. The number of aromatic nitrogens is 1. The molecule has 3 heterocycles. The quantitative estimate of drug-likeness (QED) is 0.452. The summed E-state index contributed by atoms with van der Waals surface area (Å²) in [5, 5.41) is 19.4. The van der Waals surface area contributed by atoms with Crippen molar-refractivity contribution in [2.75, 3.05) is 29.3 Å². The van der Waals surface area contributed by atoms with Crippen LogP contribution in [0.4, 0.5) is 11.5 Å². The molecule has 2 fully saturated rings. The fourth-order valence-electron chi connectivity index (χ4n) is 4.64. The largest absolute Gasteiger partial charge is 0.478 e. The zero-order valence-electron chi connectivity index (χ0n) is 20.6. The van der Waals surface area contributed by atoms with Crippen LogP contribution in [0.25, 0.3) is 0 Å². The van der Waals surface area contributed by atoms with Crippen LogP contribution in [0.5, 0.6) is 0 Å². The van der Waals surface area contributed by atoms with Gasteiger partial charge in [-0.1, -0.05) is 18.2 Å². The highest BCUT2D eigenvalue weighted by atomic mass is 32.2. The zero-order chi connectivity index (χ0) is 27.3. The number of carboxylic acid groups (broad SMARTS) is 1. The number of carbonyl (C=O) groups excluding carboxylic acids is 2. The molecule has 2 amide bonds. The Bertz CT molecular complexity index is 1370. The molecule has 0 radical (unpaired) electrons. The van der Waals surface area contributed by atoms with Gasteiger partial charge in [0.1, 0.15) is 11.9 Å². The minimum atomic E-state index is -4.10. The third-order valence-electron chi connectivity index (χ3n) is 6.62. The number of nitriles is 1. The molecule has 1 aromatic carbocycles. The molecule has 0 saturated carbocycles.